The number of para-hydroxylation sites is 4. The molecule has 0 N–H and O–H groups in total. The number of benzene rings is 9. The van der Waals surface area contributed by atoms with Crippen LogP contribution in [0, 0.1) is 27.7 Å². The molecule has 0 spiro atoms. The Labute approximate surface area is 413 Å². The lowest BCUT2D eigenvalue weighted by molar-refractivity contribution is 0.437. The van der Waals surface area contributed by atoms with E-state index < -0.39 is 0 Å². The monoisotopic (exact) mass is 914 g/mol. The molecule has 1 aliphatic rings. The summed E-state index contributed by atoms with van der Waals surface area (Å²) in [6.07, 6.45) is 2.81. The molecule has 0 radical (unpaired) electrons. The van der Waals surface area contributed by atoms with E-state index in [1.165, 1.54) is 49.9 Å². The van der Waals surface area contributed by atoms with Crippen LogP contribution in [0.4, 0.5) is 28.4 Å². The van der Waals surface area contributed by atoms with E-state index in [1.54, 1.807) is 0 Å². The van der Waals surface area contributed by atoms with Gasteiger partial charge in [0.25, 0.3) is 0 Å². The Morgan fingerprint density at radius 3 is 1.84 bits per heavy atom. The van der Waals surface area contributed by atoms with E-state index in [0.717, 1.165) is 101 Å². The van der Waals surface area contributed by atoms with Gasteiger partial charge in [-0.2, -0.15) is 0 Å². The van der Waals surface area contributed by atoms with Gasteiger partial charge in [-0.1, -0.05) is 169 Å². The summed E-state index contributed by atoms with van der Waals surface area (Å²) in [6, 6.07) is 53.7. The zero-order valence-corrected chi connectivity index (χ0v) is 42.6. The standard InChI is InChI=1S/C66H62N2O2/c1-13-44-30-34-51-54(68(58-37-40(3)27-29-42(58)5)56-25-17-21-50-49-20-16-23-53(66(10,11)12)63(49)70-64(50)56)35-32-45-31-33-48(59(44)60(45)51)43(6)67(57-36-39(2)26-28-41(57)4)55-24-15-19-47-38-46-18-14-22-52(65(7,8)9)61(46)69-62(47)55/h13-37H,1,38H2,2-12H3/b48-43+. The maximum Gasteiger partial charge on any atom is 0.159 e. The van der Waals surface area contributed by atoms with Crippen molar-refractivity contribution in [3.8, 4) is 11.5 Å². The molecule has 0 saturated heterocycles. The van der Waals surface area contributed by atoms with Gasteiger partial charge in [0, 0.05) is 61.6 Å². The van der Waals surface area contributed by atoms with Crippen molar-refractivity contribution in [2.24, 2.45) is 0 Å². The smallest absolute Gasteiger partial charge is 0.159 e. The fourth-order valence-corrected chi connectivity index (χ4v) is 11.1. The molecule has 1 aliphatic heterocycles. The fraction of sp³-hybridized carbons (Fsp3) is 0.212. The summed E-state index contributed by atoms with van der Waals surface area (Å²) in [5.74, 6) is 1.87. The molecule has 0 atom stereocenters. The zero-order valence-electron chi connectivity index (χ0n) is 42.6. The highest BCUT2D eigenvalue weighted by atomic mass is 16.5. The third-order valence-corrected chi connectivity index (χ3v) is 14.7. The fourth-order valence-electron chi connectivity index (χ4n) is 11.1. The van der Waals surface area contributed by atoms with Crippen molar-refractivity contribution in [3.05, 3.63) is 207 Å². The van der Waals surface area contributed by atoms with E-state index in [0.29, 0.717) is 0 Å². The van der Waals surface area contributed by atoms with Crippen molar-refractivity contribution in [3.63, 3.8) is 0 Å². The molecule has 11 rings (SSSR count). The molecule has 0 amide bonds. The maximum absolute atomic E-state index is 7.24. The van der Waals surface area contributed by atoms with Gasteiger partial charge in [0.05, 0.1) is 17.1 Å². The Bertz CT molecular complexity index is 3830. The van der Waals surface area contributed by atoms with Gasteiger partial charge in [-0.3, -0.25) is 0 Å². The lowest BCUT2D eigenvalue weighted by atomic mass is 9.83. The van der Waals surface area contributed by atoms with Crippen molar-refractivity contribution in [2.75, 3.05) is 9.80 Å². The highest BCUT2D eigenvalue weighted by Crippen LogP contribution is 2.51. The Morgan fingerprint density at radius 2 is 1.13 bits per heavy atom. The first kappa shape index (κ1) is 44.9. The Kier molecular flexibility index (Phi) is 10.6. The second-order valence-electron chi connectivity index (χ2n) is 21.7. The summed E-state index contributed by atoms with van der Waals surface area (Å²) in [4.78, 5) is 4.89. The number of rotatable bonds is 7. The third-order valence-electron chi connectivity index (χ3n) is 14.7. The molecular weight excluding hydrogens is 853 g/mol. The molecular formula is C66H62N2O2. The number of nitrogens with zero attached hydrogens (tertiary/aromatic N) is 2. The molecule has 348 valence electrons. The van der Waals surface area contributed by atoms with Gasteiger partial charge in [-0.25, -0.2) is 0 Å². The average Bonchev–Trinajstić information content (AvgIpc) is 3.73. The molecule has 4 nitrogen and oxygen atoms in total. The van der Waals surface area contributed by atoms with Gasteiger partial charge in [0.1, 0.15) is 11.3 Å². The first-order chi connectivity index (χ1) is 33.5. The quantitative estimate of drug-likeness (QED) is 0.159. The molecule has 10 aromatic rings. The molecule has 0 saturated carbocycles. The Morgan fingerprint density at radius 1 is 0.529 bits per heavy atom. The SMILES string of the molecule is C=Cc1ccc2c(N(c3cc(C)ccc3C)c3cccc4c3oc3c(C(C)(C)C)cccc34)ccc3cc/c(=C(/C)N(c4cc(C)ccc4C)c4cccc5c4Oc4c(cccc4C(C)(C)C)C5)c1c32. The zero-order chi connectivity index (χ0) is 49.0. The second-order valence-corrected chi connectivity index (χ2v) is 21.7. The van der Waals surface area contributed by atoms with E-state index >= 15 is 0 Å². The van der Waals surface area contributed by atoms with E-state index in [-0.39, 0.29) is 10.8 Å². The molecule has 1 aromatic heterocycles. The van der Waals surface area contributed by atoms with Gasteiger partial charge in [0.2, 0.25) is 0 Å². The summed E-state index contributed by atoms with van der Waals surface area (Å²) in [5.41, 5.74) is 18.6. The van der Waals surface area contributed by atoms with Crippen molar-refractivity contribution in [2.45, 2.75) is 93.4 Å². The number of ether oxygens (including phenoxy) is 1. The first-order valence-electron chi connectivity index (χ1n) is 24.7. The van der Waals surface area contributed by atoms with E-state index in [1.807, 2.05) is 6.08 Å². The van der Waals surface area contributed by atoms with Crippen molar-refractivity contribution < 1.29 is 9.15 Å². The molecule has 0 fully saturated rings. The summed E-state index contributed by atoms with van der Waals surface area (Å²) < 4.78 is 14.4. The van der Waals surface area contributed by atoms with Crippen LogP contribution in [0.2, 0.25) is 0 Å². The Hall–Kier alpha value is -7.56. The maximum atomic E-state index is 7.24. The minimum atomic E-state index is -0.0992. The van der Waals surface area contributed by atoms with E-state index in [4.69, 9.17) is 9.15 Å². The summed E-state index contributed by atoms with van der Waals surface area (Å²) >= 11 is 0. The molecule has 9 aromatic carbocycles. The average molecular weight is 915 g/mol. The van der Waals surface area contributed by atoms with Crippen LogP contribution in [0.25, 0.3) is 55.3 Å². The normalized spacial score (nSPS) is 13.1. The first-order valence-corrected chi connectivity index (χ1v) is 24.7. The predicted molar refractivity (Wildman–Crippen MR) is 298 cm³/mol. The van der Waals surface area contributed by atoms with Crippen LogP contribution in [-0.2, 0) is 17.3 Å². The van der Waals surface area contributed by atoms with Crippen LogP contribution < -0.4 is 19.8 Å². The molecule has 4 heteroatoms. The van der Waals surface area contributed by atoms with Gasteiger partial charge >= 0.3 is 0 Å². The largest absolute Gasteiger partial charge is 0.454 e. The number of fused-ring (bicyclic) bond motifs is 5. The lowest BCUT2D eigenvalue weighted by Crippen LogP contribution is -2.24. The number of furan rings is 1. The lowest BCUT2D eigenvalue weighted by Gasteiger charge is -2.34. The van der Waals surface area contributed by atoms with Crippen molar-refractivity contribution in [1.82, 2.24) is 0 Å². The highest BCUT2D eigenvalue weighted by molar-refractivity contribution is 6.19. The van der Waals surface area contributed by atoms with Crippen molar-refractivity contribution >= 4 is 83.7 Å². The molecule has 70 heavy (non-hydrogen) atoms. The number of aryl methyl sites for hydroxylation is 4. The van der Waals surface area contributed by atoms with Gasteiger partial charge in [0.15, 0.2) is 11.3 Å². The third kappa shape index (κ3) is 7.27. The second kappa shape index (κ2) is 16.6. The van der Waals surface area contributed by atoms with Gasteiger partial charge < -0.3 is 19.0 Å². The number of anilines is 5. The van der Waals surface area contributed by atoms with Crippen LogP contribution in [0.5, 0.6) is 11.5 Å². The minimum absolute atomic E-state index is 0.0939. The van der Waals surface area contributed by atoms with Crippen LogP contribution in [0.3, 0.4) is 0 Å². The van der Waals surface area contributed by atoms with Crippen LogP contribution >= 0.6 is 0 Å². The minimum Gasteiger partial charge on any atom is -0.454 e. The van der Waals surface area contributed by atoms with E-state index in [2.05, 4.69) is 238 Å². The highest BCUT2D eigenvalue weighted by Gasteiger charge is 2.31. The molecule has 0 unspecified atom stereocenters. The molecule has 0 aliphatic carbocycles. The van der Waals surface area contributed by atoms with Crippen molar-refractivity contribution in [1.29, 1.82) is 0 Å². The van der Waals surface area contributed by atoms with Crippen LogP contribution in [-0.4, -0.2) is 0 Å². The predicted octanol–water partition coefficient (Wildman–Crippen LogP) is 18.2. The van der Waals surface area contributed by atoms with E-state index in [9.17, 15) is 0 Å². The summed E-state index contributed by atoms with van der Waals surface area (Å²) in [6.45, 7) is 29.1. The Balaban J connectivity index is 1.20. The molecule has 0 bridgehead atoms. The van der Waals surface area contributed by atoms with Crippen LogP contribution in [0.15, 0.2) is 157 Å². The topological polar surface area (TPSA) is 28.9 Å². The van der Waals surface area contributed by atoms with Crippen LogP contribution in [0.1, 0.15) is 98.5 Å². The summed E-state index contributed by atoms with van der Waals surface area (Å²) in [7, 11) is 0. The molecule has 2 heterocycles. The number of hydrogen-bond donors (Lipinski definition) is 0. The number of hydrogen-bond acceptors (Lipinski definition) is 4. The van der Waals surface area contributed by atoms with Gasteiger partial charge in [-0.15, -0.1) is 0 Å². The van der Waals surface area contributed by atoms with Gasteiger partial charge in [-0.05, 0) is 125 Å². The summed E-state index contributed by atoms with van der Waals surface area (Å²) in [5, 5.41) is 8.01.